The highest BCUT2D eigenvalue weighted by Gasteiger charge is 2.10. The first-order valence-electron chi connectivity index (χ1n) is 8.33. The second-order valence-corrected chi connectivity index (χ2v) is 5.92. The van der Waals surface area contributed by atoms with Gasteiger partial charge in [-0.15, -0.1) is 0 Å². The number of para-hydroxylation sites is 2. The molecule has 1 amide bonds. The van der Waals surface area contributed by atoms with Crippen molar-refractivity contribution >= 4 is 17.3 Å². The summed E-state index contributed by atoms with van der Waals surface area (Å²) < 4.78 is 5.51. The molecular weight excluding hydrogens is 302 g/mol. The summed E-state index contributed by atoms with van der Waals surface area (Å²) in [5.41, 5.74) is 1.93. The van der Waals surface area contributed by atoms with Crippen molar-refractivity contribution in [1.29, 1.82) is 0 Å². The van der Waals surface area contributed by atoms with Crippen LogP contribution in [0.4, 0.5) is 11.4 Å². The van der Waals surface area contributed by atoms with Gasteiger partial charge in [-0.2, -0.15) is 0 Å². The Morgan fingerprint density at radius 3 is 2.67 bits per heavy atom. The highest BCUT2D eigenvalue weighted by atomic mass is 16.5. The number of ether oxygens (including phenoxy) is 1. The van der Waals surface area contributed by atoms with Gasteiger partial charge in [0.2, 0.25) is 0 Å². The Hall–Kier alpha value is -2.56. The minimum atomic E-state index is -0.254. The van der Waals surface area contributed by atoms with Crippen LogP contribution in [-0.4, -0.2) is 24.0 Å². The molecule has 1 heterocycles. The van der Waals surface area contributed by atoms with Crippen LogP contribution in [0.1, 0.15) is 37.7 Å². The van der Waals surface area contributed by atoms with E-state index in [9.17, 15) is 4.79 Å². The lowest BCUT2D eigenvalue weighted by molar-refractivity contribution is 0.102. The lowest BCUT2D eigenvalue weighted by atomic mass is 10.1. The van der Waals surface area contributed by atoms with E-state index < -0.39 is 0 Å². The molecule has 5 heteroatoms. The molecular formula is C19H25N3O2. The monoisotopic (exact) mass is 327 g/mol. The predicted octanol–water partition coefficient (Wildman–Crippen LogP) is 4.19. The van der Waals surface area contributed by atoms with Gasteiger partial charge in [-0.3, -0.25) is 4.79 Å². The fourth-order valence-corrected chi connectivity index (χ4v) is 2.18. The summed E-state index contributed by atoms with van der Waals surface area (Å²) in [4.78, 5) is 16.6. The Kier molecular flexibility index (Phi) is 6.61. The van der Waals surface area contributed by atoms with E-state index in [1.807, 2.05) is 37.3 Å². The van der Waals surface area contributed by atoms with Crippen LogP contribution < -0.4 is 15.4 Å². The molecule has 2 aromatic rings. The van der Waals surface area contributed by atoms with E-state index in [1.54, 1.807) is 12.3 Å². The molecule has 24 heavy (non-hydrogen) atoms. The standard InChI is InChI=1S/C19H25N3O2/c1-4-24-18-8-6-5-7-16(18)22-19(23)17-10-9-15(13-21-17)20-12-11-14(2)3/h5-10,13-14,20H,4,11-12H2,1-3H3,(H,22,23). The van der Waals surface area contributed by atoms with Gasteiger partial charge in [-0.05, 0) is 43.5 Å². The maximum absolute atomic E-state index is 12.3. The Morgan fingerprint density at radius 2 is 2.00 bits per heavy atom. The van der Waals surface area contributed by atoms with Crippen molar-refractivity contribution in [2.75, 3.05) is 23.8 Å². The van der Waals surface area contributed by atoms with Crippen molar-refractivity contribution in [2.45, 2.75) is 27.2 Å². The van der Waals surface area contributed by atoms with Crippen LogP contribution >= 0.6 is 0 Å². The smallest absolute Gasteiger partial charge is 0.274 e. The van der Waals surface area contributed by atoms with Gasteiger partial charge in [-0.25, -0.2) is 4.98 Å². The lowest BCUT2D eigenvalue weighted by Gasteiger charge is -2.11. The summed E-state index contributed by atoms with van der Waals surface area (Å²) in [6.07, 6.45) is 2.78. The molecule has 0 saturated heterocycles. The van der Waals surface area contributed by atoms with Crippen molar-refractivity contribution in [3.8, 4) is 5.75 Å². The lowest BCUT2D eigenvalue weighted by Crippen LogP contribution is -2.14. The summed E-state index contributed by atoms with van der Waals surface area (Å²) in [5, 5.41) is 6.15. The van der Waals surface area contributed by atoms with Crippen LogP contribution in [0.25, 0.3) is 0 Å². The number of benzene rings is 1. The van der Waals surface area contributed by atoms with Crippen LogP contribution in [0.15, 0.2) is 42.6 Å². The van der Waals surface area contributed by atoms with Crippen molar-refractivity contribution < 1.29 is 9.53 Å². The molecule has 5 nitrogen and oxygen atoms in total. The minimum Gasteiger partial charge on any atom is -0.492 e. The number of hydrogen-bond acceptors (Lipinski definition) is 4. The number of carbonyl (C=O) groups is 1. The van der Waals surface area contributed by atoms with Gasteiger partial charge in [0.15, 0.2) is 0 Å². The number of amides is 1. The zero-order chi connectivity index (χ0) is 17.4. The number of carbonyl (C=O) groups excluding carboxylic acids is 1. The van der Waals surface area contributed by atoms with Gasteiger partial charge in [0.05, 0.1) is 24.2 Å². The second kappa shape index (κ2) is 8.91. The van der Waals surface area contributed by atoms with Crippen molar-refractivity contribution in [2.24, 2.45) is 5.92 Å². The molecule has 0 bridgehead atoms. The Bertz CT molecular complexity index is 654. The third-order valence-electron chi connectivity index (χ3n) is 3.48. The minimum absolute atomic E-state index is 0.254. The molecule has 0 unspecified atom stereocenters. The maximum atomic E-state index is 12.3. The number of aromatic nitrogens is 1. The molecule has 0 fully saturated rings. The molecule has 0 aliphatic rings. The van der Waals surface area contributed by atoms with E-state index in [-0.39, 0.29) is 5.91 Å². The fraction of sp³-hybridized carbons (Fsp3) is 0.368. The first-order valence-corrected chi connectivity index (χ1v) is 8.33. The van der Waals surface area contributed by atoms with Gasteiger partial charge < -0.3 is 15.4 Å². The number of rotatable bonds is 8. The highest BCUT2D eigenvalue weighted by Crippen LogP contribution is 2.24. The number of nitrogens with one attached hydrogen (secondary N) is 2. The Labute approximate surface area is 143 Å². The third kappa shape index (κ3) is 5.26. The molecule has 1 aromatic heterocycles. The number of nitrogens with zero attached hydrogens (tertiary/aromatic N) is 1. The van der Waals surface area contributed by atoms with E-state index >= 15 is 0 Å². The molecule has 0 atom stereocenters. The molecule has 1 aromatic carbocycles. The van der Waals surface area contributed by atoms with Crippen LogP contribution in [0, 0.1) is 5.92 Å². The van der Waals surface area contributed by atoms with E-state index in [1.165, 1.54) is 0 Å². The zero-order valence-electron chi connectivity index (χ0n) is 14.5. The Balaban J connectivity index is 1.98. The number of hydrogen-bond donors (Lipinski definition) is 2. The summed E-state index contributed by atoms with van der Waals surface area (Å²) in [7, 11) is 0. The van der Waals surface area contributed by atoms with Crippen molar-refractivity contribution in [3.05, 3.63) is 48.3 Å². The quantitative estimate of drug-likeness (QED) is 0.763. The topological polar surface area (TPSA) is 63.2 Å². The summed E-state index contributed by atoms with van der Waals surface area (Å²) in [5.74, 6) is 1.05. The van der Waals surface area contributed by atoms with Crippen LogP contribution in [-0.2, 0) is 0 Å². The van der Waals surface area contributed by atoms with E-state index in [0.717, 1.165) is 18.7 Å². The van der Waals surface area contributed by atoms with Crippen molar-refractivity contribution in [1.82, 2.24) is 4.98 Å². The van der Waals surface area contributed by atoms with Gasteiger partial charge in [0, 0.05) is 6.54 Å². The molecule has 0 aliphatic heterocycles. The molecule has 0 saturated carbocycles. The molecule has 0 spiro atoms. The maximum Gasteiger partial charge on any atom is 0.274 e. The zero-order valence-corrected chi connectivity index (χ0v) is 14.5. The van der Waals surface area contributed by atoms with Gasteiger partial charge in [-0.1, -0.05) is 26.0 Å². The van der Waals surface area contributed by atoms with Gasteiger partial charge in [0.1, 0.15) is 11.4 Å². The number of anilines is 2. The number of pyridine rings is 1. The SMILES string of the molecule is CCOc1ccccc1NC(=O)c1ccc(NCCC(C)C)cn1. The summed E-state index contributed by atoms with van der Waals surface area (Å²) in [6.45, 7) is 7.72. The first-order chi connectivity index (χ1) is 11.6. The predicted molar refractivity (Wildman–Crippen MR) is 97.7 cm³/mol. The average Bonchev–Trinajstić information content (AvgIpc) is 2.57. The average molecular weight is 327 g/mol. The van der Waals surface area contributed by atoms with Crippen LogP contribution in [0.2, 0.25) is 0 Å². The first kappa shape index (κ1) is 17.8. The largest absolute Gasteiger partial charge is 0.492 e. The fourth-order valence-electron chi connectivity index (χ4n) is 2.18. The molecule has 128 valence electrons. The van der Waals surface area contributed by atoms with Gasteiger partial charge >= 0.3 is 0 Å². The molecule has 2 N–H and O–H groups in total. The van der Waals surface area contributed by atoms with Crippen molar-refractivity contribution in [3.63, 3.8) is 0 Å². The molecule has 0 aliphatic carbocycles. The van der Waals surface area contributed by atoms with E-state index in [4.69, 9.17) is 4.74 Å². The van der Waals surface area contributed by atoms with E-state index in [2.05, 4.69) is 29.5 Å². The molecule has 2 rings (SSSR count). The normalized spacial score (nSPS) is 10.5. The summed E-state index contributed by atoms with van der Waals surface area (Å²) in [6, 6.07) is 11.0. The van der Waals surface area contributed by atoms with E-state index in [0.29, 0.717) is 29.7 Å². The Morgan fingerprint density at radius 1 is 1.21 bits per heavy atom. The molecule has 0 radical (unpaired) electrons. The second-order valence-electron chi connectivity index (χ2n) is 5.92. The van der Waals surface area contributed by atoms with Crippen LogP contribution in [0.3, 0.4) is 0 Å². The highest BCUT2D eigenvalue weighted by molar-refractivity contribution is 6.03. The van der Waals surface area contributed by atoms with Gasteiger partial charge in [0.25, 0.3) is 5.91 Å². The third-order valence-corrected chi connectivity index (χ3v) is 3.48. The van der Waals surface area contributed by atoms with Crippen LogP contribution in [0.5, 0.6) is 5.75 Å². The summed E-state index contributed by atoms with van der Waals surface area (Å²) >= 11 is 0.